The molecule has 3 rings (SSSR count). The number of nitrogens with zero attached hydrogens (tertiary/aromatic N) is 1. The molecule has 1 saturated heterocycles. The molecule has 1 aromatic heterocycles. The number of hydrogen-bond donors (Lipinski definition) is 2. The summed E-state index contributed by atoms with van der Waals surface area (Å²) in [4.78, 5) is 28.1. The van der Waals surface area contributed by atoms with Gasteiger partial charge in [-0.05, 0) is 25.1 Å². The standard InChI is InChI=1S/C21H19ClF5N3O4/c1-8-13(10-7-11(22)14(23)15(24)16(10)33-3)17(34-20(8,2)21(25,26)27)19(32)30-9-4-5-29-12(6-9)18(28)31/h4-8,13,17H,1-3H3,(H2,28,31)(H,29,30,32)/t8-,13-,17+,20+/m0/s1. The fourth-order valence-electron chi connectivity index (χ4n) is 3.93. The Morgan fingerprint density at radius 3 is 2.47 bits per heavy atom. The molecule has 2 aromatic rings. The normalized spacial score (nSPS) is 24.7. The third-order valence-corrected chi connectivity index (χ3v) is 6.19. The van der Waals surface area contributed by atoms with Crippen LogP contribution in [0.4, 0.5) is 27.6 Å². The van der Waals surface area contributed by atoms with Gasteiger partial charge in [0.1, 0.15) is 11.8 Å². The van der Waals surface area contributed by atoms with E-state index in [4.69, 9.17) is 26.8 Å². The van der Waals surface area contributed by atoms with Crippen molar-refractivity contribution in [1.82, 2.24) is 4.98 Å². The largest absolute Gasteiger partial charge is 0.493 e. The van der Waals surface area contributed by atoms with Crippen molar-refractivity contribution in [1.29, 1.82) is 0 Å². The van der Waals surface area contributed by atoms with Crippen LogP contribution in [0.15, 0.2) is 24.4 Å². The molecule has 13 heteroatoms. The molecule has 0 bridgehead atoms. The Hall–Kier alpha value is -2.99. The average molecular weight is 508 g/mol. The van der Waals surface area contributed by atoms with Crippen LogP contribution >= 0.6 is 11.6 Å². The number of alkyl halides is 3. The van der Waals surface area contributed by atoms with E-state index >= 15 is 0 Å². The van der Waals surface area contributed by atoms with E-state index in [0.29, 0.717) is 0 Å². The summed E-state index contributed by atoms with van der Waals surface area (Å²) in [5.41, 5.74) is 1.83. The molecular formula is C21H19ClF5N3O4. The lowest BCUT2D eigenvalue weighted by molar-refractivity contribution is -0.272. The molecule has 0 aliphatic carbocycles. The lowest BCUT2D eigenvalue weighted by Crippen LogP contribution is -2.47. The van der Waals surface area contributed by atoms with Gasteiger partial charge in [0.25, 0.3) is 11.8 Å². The Balaban J connectivity index is 2.12. The third kappa shape index (κ3) is 4.27. The van der Waals surface area contributed by atoms with Crippen LogP contribution in [0.2, 0.25) is 5.02 Å². The predicted octanol–water partition coefficient (Wildman–Crippen LogP) is 4.20. The summed E-state index contributed by atoms with van der Waals surface area (Å²) in [5.74, 6) is -8.53. The number of carbonyl (C=O) groups is 2. The predicted molar refractivity (Wildman–Crippen MR) is 111 cm³/mol. The van der Waals surface area contributed by atoms with Gasteiger partial charge in [0.2, 0.25) is 5.82 Å². The van der Waals surface area contributed by atoms with E-state index in [1.165, 1.54) is 6.07 Å². The molecule has 7 nitrogen and oxygen atoms in total. The molecule has 1 fully saturated rings. The first kappa shape index (κ1) is 25.6. The highest BCUT2D eigenvalue weighted by molar-refractivity contribution is 6.30. The van der Waals surface area contributed by atoms with Crippen molar-refractivity contribution in [3.8, 4) is 5.75 Å². The van der Waals surface area contributed by atoms with E-state index in [9.17, 15) is 31.5 Å². The molecule has 184 valence electrons. The summed E-state index contributed by atoms with van der Waals surface area (Å²) in [6.07, 6.45) is -5.60. The number of carbonyl (C=O) groups excluding carboxylic acids is 2. The van der Waals surface area contributed by atoms with E-state index in [1.54, 1.807) is 0 Å². The number of nitrogens with one attached hydrogen (secondary N) is 1. The molecule has 2 heterocycles. The van der Waals surface area contributed by atoms with Crippen LogP contribution in [0.1, 0.15) is 35.8 Å². The number of primary amides is 1. The zero-order valence-electron chi connectivity index (χ0n) is 18.0. The number of nitrogens with two attached hydrogens (primary N) is 1. The fraction of sp³-hybridized carbons (Fsp3) is 0.381. The minimum absolute atomic E-state index is 0.000279. The van der Waals surface area contributed by atoms with Gasteiger partial charge in [-0.1, -0.05) is 18.5 Å². The van der Waals surface area contributed by atoms with Crippen molar-refractivity contribution in [3.05, 3.63) is 52.3 Å². The number of halogens is 6. The van der Waals surface area contributed by atoms with Crippen molar-refractivity contribution < 1.29 is 41.0 Å². The Morgan fingerprint density at radius 1 is 1.26 bits per heavy atom. The van der Waals surface area contributed by atoms with E-state index in [1.807, 2.05) is 0 Å². The molecule has 1 aliphatic rings. The first-order valence-electron chi connectivity index (χ1n) is 9.75. The highest BCUT2D eigenvalue weighted by Gasteiger charge is 2.66. The SMILES string of the molecule is COc1c([C@H]2[C@H](C(=O)Nc3ccnc(C(N)=O)c3)O[C@@](C)(C(F)(F)F)[C@H]2C)cc(Cl)c(F)c1F. The first-order valence-corrected chi connectivity index (χ1v) is 10.1. The van der Waals surface area contributed by atoms with Gasteiger partial charge in [-0.25, -0.2) is 4.39 Å². The van der Waals surface area contributed by atoms with E-state index in [2.05, 4.69) is 10.3 Å². The molecule has 34 heavy (non-hydrogen) atoms. The lowest BCUT2D eigenvalue weighted by Gasteiger charge is -2.32. The van der Waals surface area contributed by atoms with Crippen molar-refractivity contribution in [2.75, 3.05) is 12.4 Å². The second kappa shape index (κ2) is 8.99. The number of methoxy groups -OCH3 is 1. The maximum Gasteiger partial charge on any atom is 0.417 e. The highest BCUT2D eigenvalue weighted by Crippen LogP contribution is 2.55. The van der Waals surface area contributed by atoms with E-state index in [-0.39, 0.29) is 16.9 Å². The minimum Gasteiger partial charge on any atom is -0.493 e. The van der Waals surface area contributed by atoms with Crippen LogP contribution in [0, 0.1) is 17.6 Å². The highest BCUT2D eigenvalue weighted by atomic mass is 35.5. The Kier molecular flexibility index (Phi) is 6.78. The van der Waals surface area contributed by atoms with Gasteiger partial charge in [0.15, 0.2) is 17.2 Å². The topological polar surface area (TPSA) is 104 Å². The molecule has 0 spiro atoms. The maximum absolute atomic E-state index is 14.5. The fourth-order valence-corrected chi connectivity index (χ4v) is 4.13. The van der Waals surface area contributed by atoms with Gasteiger partial charge in [-0.15, -0.1) is 0 Å². The number of pyridine rings is 1. The van der Waals surface area contributed by atoms with Gasteiger partial charge in [0, 0.05) is 29.3 Å². The molecule has 1 aliphatic heterocycles. The molecule has 1 aromatic carbocycles. The number of ether oxygens (including phenoxy) is 2. The Bertz CT molecular complexity index is 1150. The number of amides is 2. The molecule has 4 atom stereocenters. The third-order valence-electron chi connectivity index (χ3n) is 5.92. The van der Waals surface area contributed by atoms with Crippen molar-refractivity contribution in [2.24, 2.45) is 11.7 Å². The summed E-state index contributed by atoms with van der Waals surface area (Å²) in [6, 6.07) is 3.30. The summed E-state index contributed by atoms with van der Waals surface area (Å²) in [5, 5.41) is 1.64. The summed E-state index contributed by atoms with van der Waals surface area (Å²) >= 11 is 5.75. The summed E-state index contributed by atoms with van der Waals surface area (Å²) < 4.78 is 80.7. The first-order chi connectivity index (χ1) is 15.7. The second-order valence-electron chi connectivity index (χ2n) is 7.85. The maximum atomic E-state index is 14.5. The van der Waals surface area contributed by atoms with Crippen LogP contribution in [0.25, 0.3) is 0 Å². The molecular weight excluding hydrogens is 489 g/mol. The van der Waals surface area contributed by atoms with Crippen LogP contribution in [-0.4, -0.2) is 41.8 Å². The lowest BCUT2D eigenvalue weighted by atomic mass is 9.77. The Morgan fingerprint density at radius 2 is 1.91 bits per heavy atom. The average Bonchev–Trinajstić information content (AvgIpc) is 3.04. The Labute approximate surface area is 195 Å². The van der Waals surface area contributed by atoms with Crippen LogP contribution < -0.4 is 15.8 Å². The van der Waals surface area contributed by atoms with Gasteiger partial charge >= 0.3 is 6.18 Å². The minimum atomic E-state index is -4.93. The molecule has 2 amide bonds. The number of hydrogen-bond acceptors (Lipinski definition) is 5. The van der Waals surface area contributed by atoms with Gasteiger partial charge in [0.05, 0.1) is 12.1 Å². The van der Waals surface area contributed by atoms with Crippen LogP contribution in [0.3, 0.4) is 0 Å². The van der Waals surface area contributed by atoms with Gasteiger partial charge < -0.3 is 20.5 Å². The number of aromatic nitrogens is 1. The van der Waals surface area contributed by atoms with Crippen LogP contribution in [-0.2, 0) is 9.53 Å². The second-order valence-corrected chi connectivity index (χ2v) is 8.26. The van der Waals surface area contributed by atoms with Crippen molar-refractivity contribution in [3.63, 3.8) is 0 Å². The van der Waals surface area contributed by atoms with Gasteiger partial charge in [-0.3, -0.25) is 14.6 Å². The van der Waals surface area contributed by atoms with Crippen molar-refractivity contribution >= 4 is 29.1 Å². The monoisotopic (exact) mass is 507 g/mol. The zero-order valence-corrected chi connectivity index (χ0v) is 18.7. The van der Waals surface area contributed by atoms with E-state index in [0.717, 1.165) is 39.3 Å². The summed E-state index contributed by atoms with van der Waals surface area (Å²) in [7, 11) is 0.996. The van der Waals surface area contributed by atoms with Gasteiger partial charge in [-0.2, -0.15) is 17.6 Å². The molecule has 0 unspecified atom stereocenters. The summed E-state index contributed by atoms with van der Waals surface area (Å²) in [6.45, 7) is 1.92. The molecule has 0 saturated carbocycles. The van der Waals surface area contributed by atoms with Crippen molar-refractivity contribution in [2.45, 2.75) is 37.6 Å². The number of benzene rings is 1. The number of anilines is 1. The number of rotatable bonds is 5. The molecule has 0 radical (unpaired) electrons. The van der Waals surface area contributed by atoms with Crippen LogP contribution in [0.5, 0.6) is 5.75 Å². The van der Waals surface area contributed by atoms with E-state index < -0.39 is 63.9 Å². The molecule has 3 N–H and O–H groups in total. The zero-order chi connectivity index (χ0) is 25.6. The quantitative estimate of drug-likeness (QED) is 0.466. The smallest absolute Gasteiger partial charge is 0.417 e.